The van der Waals surface area contributed by atoms with Crippen LogP contribution in [0.1, 0.15) is 39.0 Å². The normalized spacial score (nSPS) is 34.2. The van der Waals surface area contributed by atoms with Gasteiger partial charge in [-0.2, -0.15) is 0 Å². The van der Waals surface area contributed by atoms with E-state index >= 15 is 0 Å². The first-order valence-corrected chi connectivity index (χ1v) is 7.65. The zero-order chi connectivity index (χ0) is 14.7. The molecule has 1 saturated carbocycles. The molecular formula is C15H25NO4. The summed E-state index contributed by atoms with van der Waals surface area (Å²) in [6.45, 7) is 3.59. The van der Waals surface area contributed by atoms with Gasteiger partial charge in [-0.1, -0.05) is 6.92 Å². The van der Waals surface area contributed by atoms with E-state index in [1.54, 1.807) is 0 Å². The number of carboxylic acid groups (broad SMARTS) is 1. The lowest BCUT2D eigenvalue weighted by atomic mass is 9.91. The van der Waals surface area contributed by atoms with E-state index in [4.69, 9.17) is 5.11 Å². The molecule has 2 unspecified atom stereocenters. The Morgan fingerprint density at radius 1 is 1.25 bits per heavy atom. The first-order chi connectivity index (χ1) is 9.52. The predicted molar refractivity (Wildman–Crippen MR) is 74.0 cm³/mol. The zero-order valence-corrected chi connectivity index (χ0v) is 12.1. The number of carbonyl (C=O) groups is 2. The first kappa shape index (κ1) is 15.3. The average Bonchev–Trinajstić information content (AvgIpc) is 2.81. The molecule has 114 valence electrons. The number of likely N-dealkylation sites (tertiary alicyclic amines) is 1. The predicted octanol–water partition coefficient (Wildman–Crippen LogP) is 1.35. The maximum Gasteiger partial charge on any atom is 0.307 e. The molecule has 0 aromatic rings. The lowest BCUT2D eigenvalue weighted by Gasteiger charge is -2.35. The molecule has 2 rings (SSSR count). The number of aliphatic hydroxyl groups is 1. The van der Waals surface area contributed by atoms with Crippen LogP contribution in [0.15, 0.2) is 0 Å². The molecule has 0 aromatic carbocycles. The van der Waals surface area contributed by atoms with Crippen LogP contribution in [-0.4, -0.2) is 46.7 Å². The average molecular weight is 283 g/mol. The summed E-state index contributed by atoms with van der Waals surface area (Å²) in [4.78, 5) is 25.8. The number of hydrogen-bond donors (Lipinski definition) is 2. The van der Waals surface area contributed by atoms with Gasteiger partial charge < -0.3 is 15.1 Å². The Hall–Kier alpha value is -1.10. The van der Waals surface area contributed by atoms with Crippen LogP contribution in [0.25, 0.3) is 0 Å². The summed E-state index contributed by atoms with van der Waals surface area (Å²) < 4.78 is 0. The van der Waals surface area contributed by atoms with Crippen LogP contribution in [0.5, 0.6) is 0 Å². The van der Waals surface area contributed by atoms with Gasteiger partial charge in [-0.05, 0) is 43.9 Å². The lowest BCUT2D eigenvalue weighted by Crippen LogP contribution is -2.44. The van der Waals surface area contributed by atoms with Gasteiger partial charge in [0.15, 0.2) is 0 Å². The van der Waals surface area contributed by atoms with E-state index in [-0.39, 0.29) is 18.4 Å². The molecule has 1 heterocycles. The topological polar surface area (TPSA) is 77.8 Å². The maximum atomic E-state index is 12.6. The van der Waals surface area contributed by atoms with Gasteiger partial charge >= 0.3 is 5.97 Å². The van der Waals surface area contributed by atoms with Crippen molar-refractivity contribution in [2.45, 2.75) is 39.0 Å². The van der Waals surface area contributed by atoms with Crippen LogP contribution in [-0.2, 0) is 9.59 Å². The summed E-state index contributed by atoms with van der Waals surface area (Å²) in [5, 5.41) is 18.3. The van der Waals surface area contributed by atoms with Crippen molar-refractivity contribution < 1.29 is 19.8 Å². The number of piperidine rings is 1. The fourth-order valence-corrected chi connectivity index (χ4v) is 3.76. The van der Waals surface area contributed by atoms with E-state index in [9.17, 15) is 14.7 Å². The second kappa shape index (κ2) is 6.57. The Morgan fingerprint density at radius 3 is 2.60 bits per heavy atom. The van der Waals surface area contributed by atoms with Crippen molar-refractivity contribution in [3.8, 4) is 0 Å². The molecule has 2 N–H and O–H groups in total. The molecule has 0 bridgehead atoms. The zero-order valence-electron chi connectivity index (χ0n) is 12.1. The number of nitrogens with zero attached hydrogens (tertiary/aromatic N) is 1. The smallest absolute Gasteiger partial charge is 0.307 e. The molecule has 0 radical (unpaired) electrons. The Labute approximate surface area is 120 Å². The van der Waals surface area contributed by atoms with Gasteiger partial charge in [0.1, 0.15) is 0 Å². The molecule has 1 aliphatic heterocycles. The standard InChI is InChI=1S/C15H25NO4/c1-10-7-12(13(8-10)15(19)20)14(18)16-5-2-3-11(9-16)4-6-17/h10-13,17H,2-9H2,1H3,(H,19,20)/t10?,11?,12-,13+/m0/s1. The maximum absolute atomic E-state index is 12.6. The first-order valence-electron chi connectivity index (χ1n) is 7.65. The summed E-state index contributed by atoms with van der Waals surface area (Å²) in [6, 6.07) is 0. The van der Waals surface area contributed by atoms with Crippen LogP contribution in [0.4, 0.5) is 0 Å². The highest BCUT2D eigenvalue weighted by Gasteiger charge is 2.43. The number of carboxylic acids is 1. The fraction of sp³-hybridized carbons (Fsp3) is 0.867. The van der Waals surface area contributed by atoms with Crippen LogP contribution in [0, 0.1) is 23.7 Å². The molecule has 5 heteroatoms. The van der Waals surface area contributed by atoms with E-state index in [1.807, 2.05) is 11.8 Å². The minimum absolute atomic E-state index is 0.0180. The van der Waals surface area contributed by atoms with Crippen molar-refractivity contribution in [3.63, 3.8) is 0 Å². The second-order valence-electron chi connectivity index (χ2n) is 6.43. The van der Waals surface area contributed by atoms with E-state index in [2.05, 4.69) is 0 Å². The summed E-state index contributed by atoms with van der Waals surface area (Å²) in [7, 11) is 0. The largest absolute Gasteiger partial charge is 0.481 e. The highest BCUT2D eigenvalue weighted by molar-refractivity contribution is 5.85. The van der Waals surface area contributed by atoms with Gasteiger partial charge in [0, 0.05) is 19.7 Å². The molecule has 0 aromatic heterocycles. The van der Waals surface area contributed by atoms with Crippen molar-refractivity contribution in [1.82, 2.24) is 4.90 Å². The highest BCUT2D eigenvalue weighted by atomic mass is 16.4. The van der Waals surface area contributed by atoms with Gasteiger partial charge in [-0.3, -0.25) is 9.59 Å². The summed E-state index contributed by atoms with van der Waals surface area (Å²) in [5.41, 5.74) is 0. The van der Waals surface area contributed by atoms with Crippen molar-refractivity contribution in [2.24, 2.45) is 23.7 Å². The number of hydrogen-bond acceptors (Lipinski definition) is 3. The molecule has 0 spiro atoms. The third kappa shape index (κ3) is 3.32. The van der Waals surface area contributed by atoms with Crippen LogP contribution >= 0.6 is 0 Å². The lowest BCUT2D eigenvalue weighted by molar-refractivity contribution is -0.149. The van der Waals surface area contributed by atoms with E-state index < -0.39 is 11.9 Å². The molecule has 4 atom stereocenters. The Morgan fingerprint density at radius 2 is 1.95 bits per heavy atom. The minimum atomic E-state index is -0.836. The summed E-state index contributed by atoms with van der Waals surface area (Å²) in [6.07, 6.45) is 4.04. The minimum Gasteiger partial charge on any atom is -0.481 e. The monoisotopic (exact) mass is 283 g/mol. The van der Waals surface area contributed by atoms with Gasteiger partial charge in [-0.15, -0.1) is 0 Å². The van der Waals surface area contributed by atoms with Crippen molar-refractivity contribution >= 4 is 11.9 Å². The van der Waals surface area contributed by atoms with E-state index in [0.29, 0.717) is 31.2 Å². The molecule has 2 fully saturated rings. The molecule has 5 nitrogen and oxygen atoms in total. The van der Waals surface area contributed by atoms with Crippen molar-refractivity contribution in [2.75, 3.05) is 19.7 Å². The number of carbonyl (C=O) groups excluding carboxylic acids is 1. The Balaban J connectivity index is 2.00. The quantitative estimate of drug-likeness (QED) is 0.816. The summed E-state index contributed by atoms with van der Waals surface area (Å²) in [5.74, 6) is -1.02. The highest BCUT2D eigenvalue weighted by Crippen LogP contribution is 2.38. The van der Waals surface area contributed by atoms with Gasteiger partial charge in [-0.25, -0.2) is 0 Å². The second-order valence-corrected chi connectivity index (χ2v) is 6.43. The third-order valence-electron chi connectivity index (χ3n) is 4.80. The molecule has 2 aliphatic rings. The Kier molecular flexibility index (Phi) is 5.02. The molecular weight excluding hydrogens is 258 g/mol. The van der Waals surface area contributed by atoms with Gasteiger partial charge in [0.2, 0.25) is 5.91 Å². The number of aliphatic carboxylic acids is 1. The van der Waals surface area contributed by atoms with Gasteiger partial charge in [0.05, 0.1) is 11.8 Å². The van der Waals surface area contributed by atoms with E-state index in [1.165, 1.54) is 0 Å². The SMILES string of the molecule is CC1C[C@H](C(=O)N2CCCC(CCO)C2)[C@H](C(=O)O)C1. The number of amides is 1. The fourth-order valence-electron chi connectivity index (χ4n) is 3.76. The van der Waals surface area contributed by atoms with Crippen molar-refractivity contribution in [1.29, 1.82) is 0 Å². The van der Waals surface area contributed by atoms with Crippen molar-refractivity contribution in [3.05, 3.63) is 0 Å². The van der Waals surface area contributed by atoms with Gasteiger partial charge in [0.25, 0.3) is 0 Å². The van der Waals surface area contributed by atoms with Crippen LogP contribution in [0.2, 0.25) is 0 Å². The Bertz CT molecular complexity index is 369. The molecule has 20 heavy (non-hydrogen) atoms. The third-order valence-corrected chi connectivity index (χ3v) is 4.80. The van der Waals surface area contributed by atoms with Crippen LogP contribution in [0.3, 0.4) is 0 Å². The molecule has 1 aliphatic carbocycles. The molecule has 1 saturated heterocycles. The van der Waals surface area contributed by atoms with E-state index in [0.717, 1.165) is 25.8 Å². The van der Waals surface area contributed by atoms with Crippen LogP contribution < -0.4 is 0 Å². The number of aliphatic hydroxyl groups excluding tert-OH is 1. The summed E-state index contributed by atoms with van der Waals surface area (Å²) >= 11 is 0. The number of rotatable bonds is 4. The molecule has 1 amide bonds.